The highest BCUT2D eigenvalue weighted by Gasteiger charge is 2.11. The fourth-order valence-corrected chi connectivity index (χ4v) is 1.21. The van der Waals surface area contributed by atoms with Crippen LogP contribution in [0, 0.1) is 5.82 Å². The minimum absolute atomic E-state index is 0.0148. The minimum atomic E-state index is -0.539. The van der Waals surface area contributed by atoms with Gasteiger partial charge in [0.25, 0.3) is 0 Å². The summed E-state index contributed by atoms with van der Waals surface area (Å²) in [4.78, 5) is 0. The average molecular weight is 223 g/mol. The molecular formula is C9H9Cl2FO. The quantitative estimate of drug-likeness (QED) is 0.690. The van der Waals surface area contributed by atoms with Crippen LogP contribution in [0.25, 0.3) is 0 Å². The zero-order chi connectivity index (χ0) is 10.0. The first-order chi connectivity index (χ1) is 6.02. The van der Waals surface area contributed by atoms with Gasteiger partial charge in [0.1, 0.15) is 16.6 Å². The minimum Gasteiger partial charge on any atom is -0.489 e. The number of hydrogen-bond donors (Lipinski definition) is 0. The summed E-state index contributed by atoms with van der Waals surface area (Å²) in [6.45, 7) is 3.71. The van der Waals surface area contributed by atoms with Gasteiger partial charge < -0.3 is 4.74 Å². The van der Waals surface area contributed by atoms with Crippen LogP contribution in [0.1, 0.15) is 13.8 Å². The van der Waals surface area contributed by atoms with Crippen molar-refractivity contribution in [3.63, 3.8) is 0 Å². The Balaban J connectivity index is 3.04. The highest BCUT2D eigenvalue weighted by atomic mass is 35.5. The van der Waals surface area contributed by atoms with E-state index in [4.69, 9.17) is 27.9 Å². The summed E-state index contributed by atoms with van der Waals surface area (Å²) in [6, 6.07) is 2.69. The summed E-state index contributed by atoms with van der Waals surface area (Å²) in [6.07, 6.45) is -0.0148. The van der Waals surface area contributed by atoms with Crippen molar-refractivity contribution >= 4 is 23.2 Å². The predicted octanol–water partition coefficient (Wildman–Crippen LogP) is 3.92. The predicted molar refractivity (Wildman–Crippen MR) is 52.2 cm³/mol. The molecule has 0 bridgehead atoms. The lowest BCUT2D eigenvalue weighted by Crippen LogP contribution is -2.06. The van der Waals surface area contributed by atoms with Gasteiger partial charge in [0, 0.05) is 0 Å². The molecule has 0 aliphatic rings. The molecule has 0 aromatic heterocycles. The molecule has 1 rings (SSSR count). The summed E-state index contributed by atoms with van der Waals surface area (Å²) >= 11 is 11.3. The van der Waals surface area contributed by atoms with Crippen LogP contribution in [0.2, 0.25) is 10.0 Å². The van der Waals surface area contributed by atoms with Gasteiger partial charge in [0.15, 0.2) is 0 Å². The second kappa shape index (κ2) is 4.16. The van der Waals surface area contributed by atoms with Crippen LogP contribution >= 0.6 is 23.2 Å². The Hall–Kier alpha value is -0.470. The van der Waals surface area contributed by atoms with Crippen molar-refractivity contribution in [1.29, 1.82) is 0 Å². The smallest absolute Gasteiger partial charge is 0.143 e. The standard InChI is InChI=1S/C9H9Cl2FO/c1-5(2)13-7-4-3-6(12)8(10)9(7)11/h3-5H,1-2H3. The van der Waals surface area contributed by atoms with E-state index in [0.717, 1.165) is 0 Å². The van der Waals surface area contributed by atoms with Gasteiger partial charge in [0.05, 0.1) is 11.1 Å². The van der Waals surface area contributed by atoms with Crippen molar-refractivity contribution in [3.8, 4) is 5.75 Å². The molecule has 13 heavy (non-hydrogen) atoms. The fourth-order valence-electron chi connectivity index (χ4n) is 0.853. The summed E-state index contributed by atoms with van der Waals surface area (Å²) in [5, 5.41) is 0.0233. The maximum absolute atomic E-state index is 12.8. The Bertz CT molecular complexity index is 313. The molecular weight excluding hydrogens is 214 g/mol. The molecule has 1 aromatic rings. The Morgan fingerprint density at radius 3 is 2.38 bits per heavy atom. The van der Waals surface area contributed by atoms with E-state index in [-0.39, 0.29) is 16.1 Å². The van der Waals surface area contributed by atoms with Crippen LogP contribution in [0.3, 0.4) is 0 Å². The Labute approximate surface area is 86.4 Å². The van der Waals surface area contributed by atoms with Crippen LogP contribution in [0.5, 0.6) is 5.75 Å². The molecule has 0 N–H and O–H groups in total. The van der Waals surface area contributed by atoms with Crippen LogP contribution in [-0.2, 0) is 0 Å². The van der Waals surface area contributed by atoms with E-state index < -0.39 is 5.82 Å². The number of hydrogen-bond acceptors (Lipinski definition) is 1. The molecule has 0 aliphatic heterocycles. The van der Waals surface area contributed by atoms with E-state index in [2.05, 4.69) is 0 Å². The maximum Gasteiger partial charge on any atom is 0.143 e. The third-order valence-electron chi connectivity index (χ3n) is 1.36. The lowest BCUT2D eigenvalue weighted by molar-refractivity contribution is 0.242. The van der Waals surface area contributed by atoms with Gasteiger partial charge in [-0.2, -0.15) is 0 Å². The number of halogens is 3. The zero-order valence-electron chi connectivity index (χ0n) is 7.27. The van der Waals surface area contributed by atoms with Gasteiger partial charge >= 0.3 is 0 Å². The average Bonchev–Trinajstić information content (AvgIpc) is 2.06. The third-order valence-corrected chi connectivity index (χ3v) is 2.20. The summed E-state index contributed by atoms with van der Waals surface area (Å²) in [7, 11) is 0. The van der Waals surface area contributed by atoms with Crippen LogP contribution < -0.4 is 4.74 Å². The van der Waals surface area contributed by atoms with Crippen molar-refractivity contribution in [2.75, 3.05) is 0 Å². The molecule has 1 nitrogen and oxygen atoms in total. The second-order valence-electron chi connectivity index (χ2n) is 2.84. The number of rotatable bonds is 2. The molecule has 0 saturated heterocycles. The molecule has 0 atom stereocenters. The molecule has 0 radical (unpaired) electrons. The normalized spacial score (nSPS) is 10.6. The van der Waals surface area contributed by atoms with Gasteiger partial charge in [-0.15, -0.1) is 0 Å². The van der Waals surface area contributed by atoms with E-state index in [0.29, 0.717) is 5.75 Å². The van der Waals surface area contributed by atoms with Crippen molar-refractivity contribution in [2.24, 2.45) is 0 Å². The fraction of sp³-hybridized carbons (Fsp3) is 0.333. The zero-order valence-corrected chi connectivity index (χ0v) is 8.79. The van der Waals surface area contributed by atoms with Crippen molar-refractivity contribution < 1.29 is 9.13 Å². The van der Waals surface area contributed by atoms with Gasteiger partial charge in [0.2, 0.25) is 0 Å². The largest absolute Gasteiger partial charge is 0.489 e. The molecule has 0 amide bonds. The van der Waals surface area contributed by atoms with Crippen LogP contribution in [0.15, 0.2) is 12.1 Å². The molecule has 72 valence electrons. The summed E-state index contributed by atoms with van der Waals surface area (Å²) in [5.41, 5.74) is 0. The van der Waals surface area contributed by atoms with E-state index >= 15 is 0 Å². The van der Waals surface area contributed by atoms with Crippen molar-refractivity contribution in [1.82, 2.24) is 0 Å². The van der Waals surface area contributed by atoms with Crippen LogP contribution in [0.4, 0.5) is 4.39 Å². The highest BCUT2D eigenvalue weighted by molar-refractivity contribution is 6.43. The Kier molecular flexibility index (Phi) is 3.40. The van der Waals surface area contributed by atoms with E-state index in [1.54, 1.807) is 0 Å². The van der Waals surface area contributed by atoms with Crippen molar-refractivity contribution in [2.45, 2.75) is 20.0 Å². The molecule has 0 aliphatic carbocycles. The Morgan fingerprint density at radius 1 is 1.23 bits per heavy atom. The van der Waals surface area contributed by atoms with Gasteiger partial charge in [-0.25, -0.2) is 4.39 Å². The van der Waals surface area contributed by atoms with Crippen LogP contribution in [-0.4, -0.2) is 6.10 Å². The Morgan fingerprint density at radius 2 is 1.85 bits per heavy atom. The molecule has 4 heteroatoms. The lowest BCUT2D eigenvalue weighted by atomic mass is 10.3. The van der Waals surface area contributed by atoms with Crippen molar-refractivity contribution in [3.05, 3.63) is 28.0 Å². The first-order valence-electron chi connectivity index (χ1n) is 3.82. The first-order valence-corrected chi connectivity index (χ1v) is 4.58. The molecule has 0 spiro atoms. The number of ether oxygens (including phenoxy) is 1. The lowest BCUT2D eigenvalue weighted by Gasteiger charge is -2.11. The van der Waals surface area contributed by atoms with Gasteiger partial charge in [-0.3, -0.25) is 0 Å². The third kappa shape index (κ3) is 2.48. The monoisotopic (exact) mass is 222 g/mol. The SMILES string of the molecule is CC(C)Oc1ccc(F)c(Cl)c1Cl. The van der Waals surface area contributed by atoms with Gasteiger partial charge in [-0.1, -0.05) is 23.2 Å². The summed E-state index contributed by atoms with van der Waals surface area (Å²) in [5.74, 6) is -0.133. The van der Waals surface area contributed by atoms with Gasteiger partial charge in [-0.05, 0) is 26.0 Å². The van der Waals surface area contributed by atoms with E-state index in [1.165, 1.54) is 12.1 Å². The second-order valence-corrected chi connectivity index (χ2v) is 3.60. The molecule has 1 aromatic carbocycles. The molecule has 0 heterocycles. The topological polar surface area (TPSA) is 9.23 Å². The molecule has 0 unspecified atom stereocenters. The molecule has 0 saturated carbocycles. The first kappa shape index (κ1) is 10.6. The summed E-state index contributed by atoms with van der Waals surface area (Å²) < 4.78 is 18.1. The number of benzene rings is 1. The van der Waals surface area contributed by atoms with E-state index in [1.807, 2.05) is 13.8 Å². The molecule has 0 fully saturated rings. The maximum atomic E-state index is 12.8. The highest BCUT2D eigenvalue weighted by Crippen LogP contribution is 2.34. The van der Waals surface area contributed by atoms with E-state index in [9.17, 15) is 4.39 Å².